The van der Waals surface area contributed by atoms with Crippen LogP contribution in [0.15, 0.2) is 30.6 Å². The van der Waals surface area contributed by atoms with Gasteiger partial charge in [0.15, 0.2) is 11.5 Å². The van der Waals surface area contributed by atoms with E-state index in [0.717, 1.165) is 29.2 Å². The van der Waals surface area contributed by atoms with Crippen molar-refractivity contribution in [1.29, 1.82) is 0 Å². The fourth-order valence-electron chi connectivity index (χ4n) is 3.72. The Balaban J connectivity index is 1.64. The highest BCUT2D eigenvalue weighted by Crippen LogP contribution is 2.36. The third-order valence-corrected chi connectivity index (χ3v) is 5.02. The molecule has 7 heteroatoms. The van der Waals surface area contributed by atoms with E-state index >= 15 is 0 Å². The number of likely N-dealkylation sites (tertiary alicyclic amines) is 1. The fourth-order valence-corrected chi connectivity index (χ4v) is 3.72. The number of carbonyl (C=O) groups is 1. The maximum atomic E-state index is 12.2. The van der Waals surface area contributed by atoms with Crippen LogP contribution in [0.3, 0.4) is 0 Å². The molecule has 27 heavy (non-hydrogen) atoms. The van der Waals surface area contributed by atoms with Crippen LogP contribution in [-0.4, -0.2) is 47.9 Å². The lowest BCUT2D eigenvalue weighted by Crippen LogP contribution is -2.28. The van der Waals surface area contributed by atoms with E-state index < -0.39 is 0 Å². The first-order valence-electron chi connectivity index (χ1n) is 9.28. The molecule has 0 saturated carbocycles. The highest BCUT2D eigenvalue weighted by Gasteiger charge is 2.38. The van der Waals surface area contributed by atoms with E-state index in [1.807, 2.05) is 56.5 Å². The van der Waals surface area contributed by atoms with Gasteiger partial charge < -0.3 is 19.7 Å². The average molecular weight is 372 g/mol. The highest BCUT2D eigenvalue weighted by atomic mass is 16.5. The van der Waals surface area contributed by atoms with Gasteiger partial charge >= 0.3 is 0 Å². The molecule has 1 aliphatic heterocycles. The third-order valence-electron chi connectivity index (χ3n) is 5.02. The number of nitrogens with one attached hydrogen (secondary N) is 1. The number of hydrogen-bond acceptors (Lipinski definition) is 5. The van der Waals surface area contributed by atoms with Gasteiger partial charge in [0.1, 0.15) is 0 Å². The summed E-state index contributed by atoms with van der Waals surface area (Å²) in [4.78, 5) is 14.1. The number of amides is 1. The lowest BCUT2D eigenvalue weighted by Gasteiger charge is -2.24. The predicted octanol–water partition coefficient (Wildman–Crippen LogP) is 2.14. The summed E-state index contributed by atoms with van der Waals surface area (Å²) in [5.74, 6) is 1.89. The van der Waals surface area contributed by atoms with Crippen molar-refractivity contribution < 1.29 is 14.3 Å². The van der Waals surface area contributed by atoms with Crippen LogP contribution in [0.2, 0.25) is 0 Å². The number of benzene rings is 1. The third kappa shape index (κ3) is 4.24. The maximum absolute atomic E-state index is 12.2. The van der Waals surface area contributed by atoms with E-state index in [1.165, 1.54) is 0 Å². The molecule has 1 fully saturated rings. The van der Waals surface area contributed by atoms with Crippen molar-refractivity contribution in [2.24, 2.45) is 13.0 Å². The summed E-state index contributed by atoms with van der Waals surface area (Å²) in [5.41, 5.74) is 2.20. The Kier molecular flexibility index (Phi) is 6.01. The molecule has 1 saturated heterocycles. The summed E-state index contributed by atoms with van der Waals surface area (Å²) in [6.45, 7) is 4.01. The molecule has 1 aliphatic rings. The number of hydrogen-bond donors (Lipinski definition) is 1. The molecule has 2 atom stereocenters. The monoisotopic (exact) mass is 372 g/mol. The number of carbonyl (C=O) groups excluding carboxylic acids is 1. The quantitative estimate of drug-likeness (QED) is 0.769. The van der Waals surface area contributed by atoms with Gasteiger partial charge in [-0.3, -0.25) is 9.48 Å². The molecule has 0 radical (unpaired) electrons. The average Bonchev–Trinajstić information content (AvgIpc) is 3.19. The van der Waals surface area contributed by atoms with Gasteiger partial charge in [-0.1, -0.05) is 6.07 Å². The van der Waals surface area contributed by atoms with Gasteiger partial charge in [0, 0.05) is 51.3 Å². The molecule has 7 nitrogen and oxygen atoms in total. The van der Waals surface area contributed by atoms with E-state index in [-0.39, 0.29) is 17.9 Å². The first kappa shape index (κ1) is 19.2. The number of rotatable bonds is 8. The number of aromatic nitrogens is 2. The number of methoxy groups -OCH3 is 1. The molecular weight excluding hydrogens is 344 g/mol. The largest absolute Gasteiger partial charge is 0.493 e. The van der Waals surface area contributed by atoms with Gasteiger partial charge in [-0.2, -0.15) is 5.10 Å². The Morgan fingerprint density at radius 3 is 2.78 bits per heavy atom. The van der Waals surface area contributed by atoms with Gasteiger partial charge in [0.25, 0.3) is 0 Å². The lowest BCUT2D eigenvalue weighted by atomic mass is 9.95. The van der Waals surface area contributed by atoms with E-state index in [0.29, 0.717) is 19.6 Å². The minimum Gasteiger partial charge on any atom is -0.493 e. The van der Waals surface area contributed by atoms with Crippen LogP contribution in [0.1, 0.15) is 30.5 Å². The summed E-state index contributed by atoms with van der Waals surface area (Å²) in [5, 5.41) is 7.75. The molecule has 3 rings (SSSR count). The first-order chi connectivity index (χ1) is 13.0. The predicted molar refractivity (Wildman–Crippen MR) is 103 cm³/mol. The van der Waals surface area contributed by atoms with Gasteiger partial charge in [0.05, 0.1) is 26.0 Å². The maximum Gasteiger partial charge on any atom is 0.223 e. The van der Waals surface area contributed by atoms with Crippen LogP contribution in [0.4, 0.5) is 0 Å². The number of aryl methyl sites for hydroxylation is 1. The normalized spacial score (nSPS) is 19.6. The smallest absolute Gasteiger partial charge is 0.223 e. The Labute approximate surface area is 160 Å². The van der Waals surface area contributed by atoms with Gasteiger partial charge in [-0.05, 0) is 24.6 Å². The lowest BCUT2D eigenvalue weighted by molar-refractivity contribution is -0.127. The first-order valence-corrected chi connectivity index (χ1v) is 9.28. The summed E-state index contributed by atoms with van der Waals surface area (Å²) in [7, 11) is 5.41. The summed E-state index contributed by atoms with van der Waals surface area (Å²) in [6, 6.07) is 6.01. The molecule has 2 heterocycles. The second kappa shape index (κ2) is 8.43. The minimum absolute atomic E-state index is 0.0635. The van der Waals surface area contributed by atoms with Crippen molar-refractivity contribution in [3.63, 3.8) is 0 Å². The molecule has 2 aromatic rings. The number of ether oxygens (including phenoxy) is 2. The molecule has 0 spiro atoms. The van der Waals surface area contributed by atoms with Crippen LogP contribution < -0.4 is 14.8 Å². The number of nitrogens with zero attached hydrogens (tertiary/aromatic N) is 3. The summed E-state index contributed by atoms with van der Waals surface area (Å²) in [6.07, 6.45) is 4.39. The fraction of sp³-hybridized carbons (Fsp3) is 0.500. The van der Waals surface area contributed by atoms with Gasteiger partial charge in [0.2, 0.25) is 5.91 Å². The summed E-state index contributed by atoms with van der Waals surface area (Å²) < 4.78 is 12.8. The van der Waals surface area contributed by atoms with E-state index in [2.05, 4.69) is 10.4 Å². The van der Waals surface area contributed by atoms with Crippen LogP contribution in [0, 0.1) is 5.92 Å². The standard InChI is InChI=1S/C20H28N4O3/c1-5-27-18-8-14(6-7-17(18)26-4)10-21-11-15-9-19(25)24(3)20(15)16-12-22-23(2)13-16/h6-8,12-13,15,20-21H,5,9-11H2,1-4H3/t15-,20+/m0/s1. The molecule has 1 aromatic carbocycles. The second-order valence-corrected chi connectivity index (χ2v) is 6.91. The van der Waals surface area contributed by atoms with Crippen molar-refractivity contribution in [2.45, 2.75) is 25.9 Å². The molecule has 0 bridgehead atoms. The van der Waals surface area contributed by atoms with Crippen LogP contribution in [-0.2, 0) is 18.4 Å². The van der Waals surface area contributed by atoms with Crippen LogP contribution >= 0.6 is 0 Å². The molecule has 0 unspecified atom stereocenters. The SMILES string of the molecule is CCOc1cc(CNC[C@@H]2CC(=O)N(C)[C@H]2c2cnn(C)c2)ccc1OC. The van der Waals surface area contributed by atoms with Crippen molar-refractivity contribution in [3.8, 4) is 11.5 Å². The zero-order valence-electron chi connectivity index (χ0n) is 16.4. The Hall–Kier alpha value is -2.54. The van der Waals surface area contributed by atoms with Crippen molar-refractivity contribution >= 4 is 5.91 Å². The van der Waals surface area contributed by atoms with E-state index in [9.17, 15) is 4.79 Å². The minimum atomic E-state index is 0.0635. The van der Waals surface area contributed by atoms with E-state index in [4.69, 9.17) is 9.47 Å². The molecule has 0 aliphatic carbocycles. The second-order valence-electron chi connectivity index (χ2n) is 6.91. The van der Waals surface area contributed by atoms with Crippen molar-refractivity contribution in [3.05, 3.63) is 41.7 Å². The topological polar surface area (TPSA) is 68.6 Å². The molecule has 1 amide bonds. The zero-order chi connectivity index (χ0) is 19.4. The summed E-state index contributed by atoms with van der Waals surface area (Å²) >= 11 is 0. The molecule has 1 aromatic heterocycles. The molecule has 1 N–H and O–H groups in total. The van der Waals surface area contributed by atoms with Crippen molar-refractivity contribution in [2.75, 3.05) is 27.3 Å². The van der Waals surface area contributed by atoms with Crippen LogP contribution in [0.5, 0.6) is 11.5 Å². The Morgan fingerprint density at radius 1 is 1.30 bits per heavy atom. The Morgan fingerprint density at radius 2 is 2.11 bits per heavy atom. The molecule has 146 valence electrons. The van der Waals surface area contributed by atoms with Crippen molar-refractivity contribution in [1.82, 2.24) is 20.0 Å². The van der Waals surface area contributed by atoms with Crippen LogP contribution in [0.25, 0.3) is 0 Å². The van der Waals surface area contributed by atoms with Gasteiger partial charge in [-0.25, -0.2) is 0 Å². The van der Waals surface area contributed by atoms with E-state index in [1.54, 1.807) is 11.8 Å². The van der Waals surface area contributed by atoms with Gasteiger partial charge in [-0.15, -0.1) is 0 Å². The highest BCUT2D eigenvalue weighted by molar-refractivity contribution is 5.79. The Bertz CT molecular complexity index is 789. The zero-order valence-corrected chi connectivity index (χ0v) is 16.4. The molecular formula is C20H28N4O3.